The monoisotopic (exact) mass is 299 g/mol. The maximum atomic E-state index is 5.96. The molecule has 108 valence electrons. The van der Waals surface area contributed by atoms with Crippen LogP contribution in [0.15, 0.2) is 30.5 Å². The standard InChI is InChI=1S/C17H18ClN3/c1-11-5-4-6-14(13(11)3)21-15(7-9-18)20-16-12(2)8-10-19-17(16)21/h4-6,8,10H,7,9H2,1-3H3. The van der Waals surface area contributed by atoms with E-state index in [0.29, 0.717) is 5.88 Å². The van der Waals surface area contributed by atoms with Crippen LogP contribution in [-0.2, 0) is 6.42 Å². The van der Waals surface area contributed by atoms with E-state index in [-0.39, 0.29) is 0 Å². The predicted molar refractivity (Wildman–Crippen MR) is 87.5 cm³/mol. The van der Waals surface area contributed by atoms with Crippen molar-refractivity contribution in [3.63, 3.8) is 0 Å². The fourth-order valence-electron chi connectivity index (χ4n) is 2.62. The second-order valence-corrected chi connectivity index (χ2v) is 5.70. The molecule has 0 N–H and O–H groups in total. The number of hydrogen-bond acceptors (Lipinski definition) is 2. The Labute approximate surface area is 129 Å². The molecule has 3 aromatic rings. The summed E-state index contributed by atoms with van der Waals surface area (Å²) < 4.78 is 2.15. The van der Waals surface area contributed by atoms with Crippen LogP contribution in [0.5, 0.6) is 0 Å². The summed E-state index contributed by atoms with van der Waals surface area (Å²) in [5.74, 6) is 1.52. The first kappa shape index (κ1) is 14.1. The number of nitrogens with zero attached hydrogens (tertiary/aromatic N) is 3. The van der Waals surface area contributed by atoms with Crippen LogP contribution in [0.4, 0.5) is 0 Å². The highest BCUT2D eigenvalue weighted by atomic mass is 35.5. The Morgan fingerprint density at radius 1 is 1.10 bits per heavy atom. The molecule has 4 heteroatoms. The van der Waals surface area contributed by atoms with E-state index >= 15 is 0 Å². The lowest BCUT2D eigenvalue weighted by atomic mass is 10.1. The minimum absolute atomic E-state index is 0.549. The largest absolute Gasteiger partial charge is 0.280 e. The molecule has 0 fully saturated rings. The summed E-state index contributed by atoms with van der Waals surface area (Å²) in [7, 11) is 0. The van der Waals surface area contributed by atoms with Crippen molar-refractivity contribution in [1.82, 2.24) is 14.5 Å². The molecule has 0 bridgehead atoms. The Bertz CT molecular complexity index is 805. The minimum atomic E-state index is 0.549. The van der Waals surface area contributed by atoms with Crippen LogP contribution < -0.4 is 0 Å². The van der Waals surface area contributed by atoms with Crippen molar-refractivity contribution in [2.24, 2.45) is 0 Å². The minimum Gasteiger partial charge on any atom is -0.280 e. The van der Waals surface area contributed by atoms with Gasteiger partial charge in [-0.3, -0.25) is 4.57 Å². The molecular weight excluding hydrogens is 282 g/mol. The van der Waals surface area contributed by atoms with Gasteiger partial charge in [0.1, 0.15) is 11.3 Å². The van der Waals surface area contributed by atoms with Crippen LogP contribution in [0.1, 0.15) is 22.5 Å². The number of alkyl halides is 1. The summed E-state index contributed by atoms with van der Waals surface area (Å²) in [6, 6.07) is 8.31. The maximum absolute atomic E-state index is 5.96. The summed E-state index contributed by atoms with van der Waals surface area (Å²) in [6.45, 7) is 6.32. The van der Waals surface area contributed by atoms with E-state index in [1.54, 1.807) is 0 Å². The van der Waals surface area contributed by atoms with Gasteiger partial charge in [0, 0.05) is 18.5 Å². The van der Waals surface area contributed by atoms with Crippen LogP contribution in [0.3, 0.4) is 0 Å². The zero-order valence-corrected chi connectivity index (χ0v) is 13.3. The molecule has 0 aliphatic heterocycles. The summed E-state index contributed by atoms with van der Waals surface area (Å²) in [5, 5.41) is 0. The molecule has 0 spiro atoms. The van der Waals surface area contributed by atoms with Crippen molar-refractivity contribution >= 4 is 22.8 Å². The van der Waals surface area contributed by atoms with Crippen LogP contribution in [0.25, 0.3) is 16.9 Å². The van der Waals surface area contributed by atoms with Crippen molar-refractivity contribution in [3.8, 4) is 5.69 Å². The molecule has 21 heavy (non-hydrogen) atoms. The van der Waals surface area contributed by atoms with Gasteiger partial charge in [-0.2, -0.15) is 0 Å². The number of imidazole rings is 1. The van der Waals surface area contributed by atoms with Gasteiger partial charge in [-0.05, 0) is 49.6 Å². The average Bonchev–Trinajstić information content (AvgIpc) is 2.82. The van der Waals surface area contributed by atoms with E-state index in [0.717, 1.165) is 34.7 Å². The number of fused-ring (bicyclic) bond motifs is 1. The Hall–Kier alpha value is -1.87. The van der Waals surface area contributed by atoms with Crippen molar-refractivity contribution in [2.45, 2.75) is 27.2 Å². The lowest BCUT2D eigenvalue weighted by Gasteiger charge is -2.13. The highest BCUT2D eigenvalue weighted by Crippen LogP contribution is 2.26. The summed E-state index contributed by atoms with van der Waals surface area (Å²) in [5.41, 5.74) is 6.65. The van der Waals surface area contributed by atoms with Gasteiger partial charge in [0.25, 0.3) is 0 Å². The SMILES string of the molecule is Cc1cccc(-n2c(CCCl)nc3c(C)ccnc32)c1C. The molecule has 3 rings (SSSR count). The van der Waals surface area contributed by atoms with E-state index < -0.39 is 0 Å². The molecular formula is C17H18ClN3. The lowest BCUT2D eigenvalue weighted by Crippen LogP contribution is -2.05. The first-order chi connectivity index (χ1) is 10.1. The van der Waals surface area contributed by atoms with Crippen LogP contribution >= 0.6 is 11.6 Å². The zero-order valence-electron chi connectivity index (χ0n) is 12.5. The molecule has 3 nitrogen and oxygen atoms in total. The number of rotatable bonds is 3. The quantitative estimate of drug-likeness (QED) is 0.681. The fraction of sp³-hybridized carbons (Fsp3) is 0.294. The lowest BCUT2D eigenvalue weighted by molar-refractivity contribution is 0.898. The van der Waals surface area contributed by atoms with E-state index in [9.17, 15) is 0 Å². The fourth-order valence-corrected chi connectivity index (χ4v) is 2.79. The highest BCUT2D eigenvalue weighted by Gasteiger charge is 2.16. The van der Waals surface area contributed by atoms with E-state index in [1.165, 1.54) is 11.1 Å². The average molecular weight is 300 g/mol. The van der Waals surface area contributed by atoms with Gasteiger partial charge < -0.3 is 0 Å². The van der Waals surface area contributed by atoms with Crippen molar-refractivity contribution in [3.05, 3.63) is 53.0 Å². The third-order valence-corrected chi connectivity index (χ3v) is 4.14. The maximum Gasteiger partial charge on any atom is 0.164 e. The number of aromatic nitrogens is 3. The van der Waals surface area contributed by atoms with E-state index in [2.05, 4.69) is 48.5 Å². The van der Waals surface area contributed by atoms with Crippen molar-refractivity contribution in [1.29, 1.82) is 0 Å². The molecule has 2 heterocycles. The van der Waals surface area contributed by atoms with Gasteiger partial charge in [0.2, 0.25) is 0 Å². The zero-order chi connectivity index (χ0) is 15.0. The van der Waals surface area contributed by atoms with Gasteiger partial charge in [-0.25, -0.2) is 9.97 Å². The molecule has 0 amide bonds. The van der Waals surface area contributed by atoms with Crippen molar-refractivity contribution < 1.29 is 0 Å². The molecule has 2 aromatic heterocycles. The second-order valence-electron chi connectivity index (χ2n) is 5.32. The number of halogens is 1. The summed E-state index contributed by atoms with van der Waals surface area (Å²) >= 11 is 5.96. The predicted octanol–water partition coefficient (Wildman–Crippen LogP) is 4.13. The Morgan fingerprint density at radius 2 is 1.90 bits per heavy atom. The van der Waals surface area contributed by atoms with Crippen LogP contribution in [0.2, 0.25) is 0 Å². The van der Waals surface area contributed by atoms with Crippen LogP contribution in [0, 0.1) is 20.8 Å². The molecule has 0 saturated heterocycles. The van der Waals surface area contributed by atoms with E-state index in [4.69, 9.17) is 16.6 Å². The van der Waals surface area contributed by atoms with Gasteiger partial charge in [-0.15, -0.1) is 11.6 Å². The van der Waals surface area contributed by atoms with Crippen LogP contribution in [-0.4, -0.2) is 20.4 Å². The Morgan fingerprint density at radius 3 is 2.67 bits per heavy atom. The smallest absolute Gasteiger partial charge is 0.164 e. The molecule has 0 radical (unpaired) electrons. The molecule has 0 saturated carbocycles. The number of pyridine rings is 1. The molecule has 1 aromatic carbocycles. The Kier molecular flexibility index (Phi) is 3.68. The summed E-state index contributed by atoms with van der Waals surface area (Å²) in [4.78, 5) is 9.31. The van der Waals surface area contributed by atoms with E-state index in [1.807, 2.05) is 12.3 Å². The first-order valence-corrected chi connectivity index (χ1v) is 7.62. The topological polar surface area (TPSA) is 30.7 Å². The second kappa shape index (κ2) is 5.49. The number of benzene rings is 1. The normalized spacial score (nSPS) is 11.2. The third-order valence-electron chi connectivity index (χ3n) is 3.95. The highest BCUT2D eigenvalue weighted by molar-refractivity contribution is 6.17. The third kappa shape index (κ3) is 2.32. The molecule has 0 aliphatic carbocycles. The van der Waals surface area contributed by atoms with Crippen molar-refractivity contribution in [2.75, 3.05) is 5.88 Å². The van der Waals surface area contributed by atoms with Gasteiger partial charge in [-0.1, -0.05) is 12.1 Å². The number of aryl methyl sites for hydroxylation is 3. The summed E-state index contributed by atoms with van der Waals surface area (Å²) in [6.07, 6.45) is 2.57. The van der Waals surface area contributed by atoms with Gasteiger partial charge in [0.05, 0.1) is 5.69 Å². The molecule has 0 unspecified atom stereocenters. The Balaban J connectivity index is 2.37. The molecule has 0 atom stereocenters. The number of hydrogen-bond donors (Lipinski definition) is 0. The van der Waals surface area contributed by atoms with Gasteiger partial charge in [0.15, 0.2) is 5.65 Å². The first-order valence-electron chi connectivity index (χ1n) is 7.09. The molecule has 0 aliphatic rings. The van der Waals surface area contributed by atoms with Gasteiger partial charge >= 0.3 is 0 Å².